The van der Waals surface area contributed by atoms with Crippen molar-refractivity contribution in [1.29, 1.82) is 21.0 Å². The molecule has 77 heavy (non-hydrogen) atoms. The van der Waals surface area contributed by atoms with E-state index in [1.54, 1.807) is 24.3 Å². The van der Waals surface area contributed by atoms with Crippen LogP contribution in [-0.2, 0) is 0 Å². The molecular weight excluding hydrogens is 943 g/mol. The van der Waals surface area contributed by atoms with Crippen molar-refractivity contribution in [3.8, 4) is 75.0 Å². The molecule has 0 aliphatic heterocycles. The first-order valence-corrected chi connectivity index (χ1v) is 24.9. The monoisotopic (exact) mass is 983 g/mol. The van der Waals surface area contributed by atoms with Crippen LogP contribution in [0, 0.1) is 45.3 Å². The Labute approximate surface area is 445 Å². The van der Waals surface area contributed by atoms with Gasteiger partial charge in [0.2, 0.25) is 0 Å². The van der Waals surface area contributed by atoms with Crippen molar-refractivity contribution in [2.45, 2.75) is 0 Å². The summed E-state index contributed by atoms with van der Waals surface area (Å²) in [4.78, 5) is 14.4. The van der Waals surface area contributed by atoms with Crippen LogP contribution >= 0.6 is 0 Å². The summed E-state index contributed by atoms with van der Waals surface area (Å²) in [5, 5.41) is 40.4. The summed E-state index contributed by atoms with van der Waals surface area (Å²) in [5.41, 5.74) is 17.2. The fourth-order valence-electron chi connectivity index (χ4n) is 9.89. The van der Waals surface area contributed by atoms with E-state index in [1.165, 1.54) is 0 Å². The normalized spacial score (nSPS) is 10.8. The highest BCUT2D eigenvalue weighted by atomic mass is 15.1. The van der Waals surface area contributed by atoms with Crippen molar-refractivity contribution in [2.75, 3.05) is 9.80 Å². The van der Waals surface area contributed by atoms with Crippen LogP contribution in [0.25, 0.3) is 72.5 Å². The molecule has 0 N–H and O–H groups in total. The molecule has 0 fully saturated rings. The van der Waals surface area contributed by atoms with Crippen molar-refractivity contribution in [1.82, 2.24) is 14.5 Å². The maximum Gasteiger partial charge on any atom is 0.160 e. The molecule has 2 heterocycles. The second kappa shape index (κ2) is 20.3. The van der Waals surface area contributed by atoms with E-state index in [0.29, 0.717) is 28.1 Å². The van der Waals surface area contributed by atoms with Crippen LogP contribution in [0.4, 0.5) is 34.1 Å². The van der Waals surface area contributed by atoms with Gasteiger partial charge in [-0.3, -0.25) is 0 Å². The van der Waals surface area contributed by atoms with E-state index in [9.17, 15) is 21.0 Å². The van der Waals surface area contributed by atoms with Gasteiger partial charge in [0.1, 0.15) is 0 Å². The Hall–Kier alpha value is -11.4. The minimum atomic E-state index is 0.531. The van der Waals surface area contributed by atoms with Gasteiger partial charge in [0.05, 0.1) is 69.0 Å². The average molecular weight is 984 g/mol. The third kappa shape index (κ3) is 9.13. The van der Waals surface area contributed by atoms with Crippen LogP contribution in [0.2, 0.25) is 0 Å². The summed E-state index contributed by atoms with van der Waals surface area (Å²) in [5.74, 6) is 0.531. The Morgan fingerprint density at radius 1 is 0.299 bits per heavy atom. The highest BCUT2D eigenvalue weighted by Gasteiger charge is 2.21. The van der Waals surface area contributed by atoms with Crippen molar-refractivity contribution >= 4 is 55.9 Å². The van der Waals surface area contributed by atoms with Crippen molar-refractivity contribution in [2.24, 2.45) is 0 Å². The van der Waals surface area contributed by atoms with E-state index in [-0.39, 0.29) is 0 Å². The highest BCUT2D eigenvalue weighted by molar-refractivity contribution is 6.12. The fraction of sp³-hybridized carbons (Fsp3) is 0. The highest BCUT2D eigenvalue weighted by Crippen LogP contribution is 2.43. The van der Waals surface area contributed by atoms with Crippen LogP contribution in [-0.4, -0.2) is 14.5 Å². The molecule has 12 aromatic rings. The Morgan fingerprint density at radius 3 is 1.03 bits per heavy atom. The summed E-state index contributed by atoms with van der Waals surface area (Å²) in [6.07, 6.45) is 0. The predicted molar refractivity (Wildman–Crippen MR) is 306 cm³/mol. The predicted octanol–water partition coefficient (Wildman–Crippen LogP) is 16.7. The number of aromatic nitrogens is 3. The van der Waals surface area contributed by atoms with Crippen LogP contribution in [0.15, 0.2) is 249 Å². The summed E-state index contributed by atoms with van der Waals surface area (Å²) in [7, 11) is 0. The molecule has 0 aliphatic carbocycles. The summed E-state index contributed by atoms with van der Waals surface area (Å²) in [6.45, 7) is 0. The van der Waals surface area contributed by atoms with Gasteiger partial charge in [-0.2, -0.15) is 21.0 Å². The number of benzene rings is 10. The minimum absolute atomic E-state index is 0.531. The van der Waals surface area contributed by atoms with E-state index in [2.05, 4.69) is 172 Å². The lowest BCUT2D eigenvalue weighted by Gasteiger charge is -2.26. The van der Waals surface area contributed by atoms with Gasteiger partial charge in [0, 0.05) is 67.3 Å². The summed E-state index contributed by atoms with van der Waals surface area (Å²) in [6, 6.07) is 91.6. The molecule has 0 unspecified atom stereocenters. The number of rotatable bonds is 11. The van der Waals surface area contributed by atoms with Gasteiger partial charge in [0.25, 0.3) is 0 Å². The Kier molecular flexibility index (Phi) is 12.3. The first-order valence-electron chi connectivity index (χ1n) is 24.9. The zero-order valence-electron chi connectivity index (χ0n) is 41.2. The topological polar surface area (TPSA) is 132 Å². The van der Waals surface area contributed by atoms with E-state index in [1.807, 2.05) is 91.0 Å². The van der Waals surface area contributed by atoms with Crippen LogP contribution in [0.3, 0.4) is 0 Å². The molecule has 2 aromatic heterocycles. The number of nitriles is 4. The molecule has 0 saturated heterocycles. The first kappa shape index (κ1) is 46.7. The maximum absolute atomic E-state index is 9.69. The molecule has 0 radical (unpaired) electrons. The molecule has 12 rings (SSSR count). The maximum atomic E-state index is 9.69. The Morgan fingerprint density at radius 2 is 0.623 bits per heavy atom. The Bertz CT molecular complexity index is 4140. The lowest BCUT2D eigenvalue weighted by Crippen LogP contribution is -2.10. The lowest BCUT2D eigenvalue weighted by atomic mass is 10.0. The number of hydrogen-bond donors (Lipinski definition) is 0. The smallest absolute Gasteiger partial charge is 0.160 e. The van der Waals surface area contributed by atoms with Crippen molar-refractivity contribution < 1.29 is 0 Å². The van der Waals surface area contributed by atoms with E-state index >= 15 is 0 Å². The van der Waals surface area contributed by atoms with Gasteiger partial charge < -0.3 is 14.4 Å². The molecule has 0 bridgehead atoms. The lowest BCUT2D eigenvalue weighted by molar-refractivity contribution is 1.18. The fourth-order valence-corrected chi connectivity index (χ4v) is 9.89. The minimum Gasteiger partial charge on any atom is -0.310 e. The van der Waals surface area contributed by atoms with E-state index in [0.717, 1.165) is 101 Å². The molecule has 0 spiro atoms. The summed E-state index contributed by atoms with van der Waals surface area (Å²) >= 11 is 0. The third-order valence-corrected chi connectivity index (χ3v) is 13.7. The van der Waals surface area contributed by atoms with Gasteiger partial charge in [-0.25, -0.2) is 9.97 Å². The molecule has 9 nitrogen and oxygen atoms in total. The second-order valence-electron chi connectivity index (χ2n) is 18.4. The quantitative estimate of drug-likeness (QED) is 0.125. The van der Waals surface area contributed by atoms with Gasteiger partial charge in [-0.05, 0) is 175 Å². The zero-order chi connectivity index (χ0) is 52.2. The molecule has 9 heteroatoms. The molecule has 0 atom stereocenters. The molecule has 358 valence electrons. The van der Waals surface area contributed by atoms with Crippen LogP contribution in [0.1, 0.15) is 22.3 Å². The van der Waals surface area contributed by atoms with Gasteiger partial charge in [-0.1, -0.05) is 84.9 Å². The molecule has 0 amide bonds. The van der Waals surface area contributed by atoms with Gasteiger partial charge in [0.15, 0.2) is 5.82 Å². The Balaban J connectivity index is 0.952. The van der Waals surface area contributed by atoms with E-state index in [4.69, 9.17) is 9.97 Å². The number of fused-ring (bicyclic) bond motifs is 3. The number of hydrogen-bond acceptors (Lipinski definition) is 8. The molecule has 10 aromatic carbocycles. The number of para-hydroxylation sites is 2. The number of anilines is 6. The van der Waals surface area contributed by atoms with Crippen LogP contribution in [0.5, 0.6) is 0 Å². The largest absolute Gasteiger partial charge is 0.310 e. The average Bonchev–Trinajstić information content (AvgIpc) is 3.91. The van der Waals surface area contributed by atoms with Gasteiger partial charge >= 0.3 is 0 Å². The van der Waals surface area contributed by atoms with Gasteiger partial charge in [-0.15, -0.1) is 0 Å². The van der Waals surface area contributed by atoms with Crippen LogP contribution < -0.4 is 9.80 Å². The van der Waals surface area contributed by atoms with Crippen molar-refractivity contribution in [3.63, 3.8) is 0 Å². The SMILES string of the molecule is N#Cc1ccc(-c2cc(-c3ccc(-c4ccc(-n5c6ccc(N(c7ccccc7)c7ccccc7)cc6c6cc(N(c7ccc(C#N)cc7)c7ccc(C#N)cc7)ccc65)cc4)cc3)nc(-c3ccc(C#N)cc3)n2)cc1. The second-order valence-corrected chi connectivity index (χ2v) is 18.4. The standard InChI is InChI=1S/C68H41N9/c69-42-46-11-19-52(20-12-46)64-41-65(74-68(73-64)54-21-13-47(43-70)14-22-54)53-25-23-50(24-26-53)51-27-33-59(34-28-51)77-66-37-35-60(75(55-7-3-1-4-8-55)56-9-5-2-6-10-56)39-62(66)63-40-61(36-38-67(63)77)76(57-29-15-48(44-71)16-30-57)58-31-17-49(45-72)18-32-58/h1-41H. The van der Waals surface area contributed by atoms with E-state index < -0.39 is 0 Å². The molecular formula is C68H41N9. The molecule has 0 saturated carbocycles. The number of nitrogens with zero attached hydrogens (tertiary/aromatic N) is 9. The third-order valence-electron chi connectivity index (χ3n) is 13.7. The summed E-state index contributed by atoms with van der Waals surface area (Å²) < 4.78 is 2.32. The first-order chi connectivity index (χ1) is 37.9. The molecule has 0 aliphatic rings. The van der Waals surface area contributed by atoms with Crippen molar-refractivity contribution in [3.05, 3.63) is 271 Å². The zero-order valence-corrected chi connectivity index (χ0v) is 41.2.